The highest BCUT2D eigenvalue weighted by Crippen LogP contribution is 2.39. The average Bonchev–Trinajstić information content (AvgIpc) is 2.44. The van der Waals surface area contributed by atoms with Gasteiger partial charge in [0.1, 0.15) is 11.4 Å². The van der Waals surface area contributed by atoms with E-state index in [-0.39, 0.29) is 5.60 Å². The molecular weight excluding hydrogens is 258 g/mol. The Labute approximate surface area is 130 Å². The second-order valence-electron chi connectivity index (χ2n) is 6.88. The van der Waals surface area contributed by atoms with Crippen molar-refractivity contribution in [1.82, 2.24) is 5.32 Å². The van der Waals surface area contributed by atoms with Gasteiger partial charge in [-0.15, -0.1) is 0 Å². The fourth-order valence-electron chi connectivity index (χ4n) is 2.91. The monoisotopic (exact) mass is 289 g/mol. The predicted molar refractivity (Wildman–Crippen MR) is 90.1 cm³/mol. The van der Waals surface area contributed by atoms with Crippen molar-refractivity contribution in [2.45, 2.75) is 77.4 Å². The molecule has 0 bridgehead atoms. The van der Waals surface area contributed by atoms with Gasteiger partial charge < -0.3 is 10.1 Å². The van der Waals surface area contributed by atoms with E-state index in [0.717, 1.165) is 18.7 Å². The number of nitrogens with one attached hydrogen (secondary N) is 1. The van der Waals surface area contributed by atoms with Crippen molar-refractivity contribution >= 4 is 0 Å². The van der Waals surface area contributed by atoms with Crippen molar-refractivity contribution in [2.24, 2.45) is 0 Å². The largest absolute Gasteiger partial charge is 0.487 e. The van der Waals surface area contributed by atoms with E-state index in [1.807, 2.05) is 0 Å². The Hall–Kier alpha value is -1.02. The topological polar surface area (TPSA) is 21.3 Å². The van der Waals surface area contributed by atoms with Gasteiger partial charge in [-0.1, -0.05) is 39.8 Å². The molecule has 1 aliphatic rings. The van der Waals surface area contributed by atoms with Crippen LogP contribution >= 0.6 is 0 Å². The summed E-state index contributed by atoms with van der Waals surface area (Å²) >= 11 is 0. The average molecular weight is 289 g/mol. The van der Waals surface area contributed by atoms with Gasteiger partial charge in [-0.3, -0.25) is 0 Å². The fraction of sp³-hybridized carbons (Fsp3) is 0.684. The van der Waals surface area contributed by atoms with Crippen LogP contribution in [0, 0.1) is 0 Å². The minimum Gasteiger partial charge on any atom is -0.487 e. The summed E-state index contributed by atoms with van der Waals surface area (Å²) in [6, 6.07) is 9.30. The molecule has 1 saturated carbocycles. The molecule has 0 aliphatic heterocycles. The molecule has 0 aromatic heterocycles. The van der Waals surface area contributed by atoms with E-state index in [9.17, 15) is 0 Å². The molecule has 118 valence electrons. The van der Waals surface area contributed by atoms with Crippen molar-refractivity contribution < 1.29 is 4.74 Å². The van der Waals surface area contributed by atoms with Gasteiger partial charge in [0.25, 0.3) is 0 Å². The number of ether oxygens (including phenoxy) is 1. The quantitative estimate of drug-likeness (QED) is 0.735. The molecule has 2 heteroatoms. The van der Waals surface area contributed by atoms with Crippen LogP contribution in [0.3, 0.4) is 0 Å². The molecule has 1 aromatic carbocycles. The first kappa shape index (κ1) is 16.4. The molecule has 2 rings (SSSR count). The summed E-state index contributed by atoms with van der Waals surface area (Å²) < 4.78 is 6.35. The van der Waals surface area contributed by atoms with Gasteiger partial charge >= 0.3 is 0 Å². The molecule has 1 fully saturated rings. The SMILES string of the molecule is CCC(C)c1ccc(OC2(CCNC(C)C)CCC2)cc1. The van der Waals surface area contributed by atoms with Crippen LogP contribution in [0.15, 0.2) is 24.3 Å². The molecule has 1 aliphatic carbocycles. The lowest BCUT2D eigenvalue weighted by molar-refractivity contribution is -0.0145. The highest BCUT2D eigenvalue weighted by atomic mass is 16.5. The van der Waals surface area contributed by atoms with Crippen molar-refractivity contribution in [1.29, 1.82) is 0 Å². The zero-order valence-corrected chi connectivity index (χ0v) is 14.1. The van der Waals surface area contributed by atoms with E-state index in [2.05, 4.69) is 57.3 Å². The molecule has 1 atom stereocenters. The molecule has 0 amide bonds. The maximum Gasteiger partial charge on any atom is 0.120 e. The second kappa shape index (κ2) is 7.31. The first-order valence-electron chi connectivity index (χ1n) is 8.57. The van der Waals surface area contributed by atoms with Gasteiger partial charge in [0, 0.05) is 6.04 Å². The summed E-state index contributed by atoms with van der Waals surface area (Å²) in [4.78, 5) is 0. The van der Waals surface area contributed by atoms with Crippen molar-refractivity contribution in [3.05, 3.63) is 29.8 Å². The Balaban J connectivity index is 1.92. The normalized spacial score (nSPS) is 18.3. The van der Waals surface area contributed by atoms with Crippen LogP contribution in [-0.2, 0) is 0 Å². The number of benzene rings is 1. The van der Waals surface area contributed by atoms with Crippen LogP contribution in [0.25, 0.3) is 0 Å². The van der Waals surface area contributed by atoms with E-state index >= 15 is 0 Å². The lowest BCUT2D eigenvalue weighted by Crippen LogP contribution is -2.45. The minimum atomic E-state index is 0.0831. The third kappa shape index (κ3) is 4.47. The van der Waals surface area contributed by atoms with Gasteiger partial charge in [0.05, 0.1) is 0 Å². The molecule has 1 unspecified atom stereocenters. The Morgan fingerprint density at radius 2 is 1.81 bits per heavy atom. The summed E-state index contributed by atoms with van der Waals surface area (Å²) in [5.74, 6) is 1.67. The highest BCUT2D eigenvalue weighted by Gasteiger charge is 2.38. The summed E-state index contributed by atoms with van der Waals surface area (Å²) in [6.07, 6.45) is 5.98. The zero-order valence-electron chi connectivity index (χ0n) is 14.1. The highest BCUT2D eigenvalue weighted by molar-refractivity contribution is 5.30. The van der Waals surface area contributed by atoms with Crippen LogP contribution < -0.4 is 10.1 Å². The first-order valence-corrected chi connectivity index (χ1v) is 8.57. The fourth-order valence-corrected chi connectivity index (χ4v) is 2.91. The van der Waals surface area contributed by atoms with E-state index in [1.54, 1.807) is 0 Å². The van der Waals surface area contributed by atoms with Crippen LogP contribution in [-0.4, -0.2) is 18.2 Å². The van der Waals surface area contributed by atoms with Crippen LogP contribution in [0.1, 0.15) is 71.3 Å². The standard InChI is InChI=1S/C19H31NO/c1-5-16(4)17-7-9-18(10-8-17)21-19(11-6-12-19)13-14-20-15(2)3/h7-10,15-16,20H,5-6,11-14H2,1-4H3. The van der Waals surface area contributed by atoms with Crippen molar-refractivity contribution in [2.75, 3.05) is 6.54 Å². The predicted octanol–water partition coefficient (Wildman–Crippen LogP) is 4.89. The molecular formula is C19H31NO. The lowest BCUT2D eigenvalue weighted by Gasteiger charge is -2.42. The lowest BCUT2D eigenvalue weighted by atomic mass is 9.77. The third-order valence-corrected chi connectivity index (χ3v) is 4.79. The van der Waals surface area contributed by atoms with Crippen LogP contribution in [0.5, 0.6) is 5.75 Å². The molecule has 0 heterocycles. The maximum absolute atomic E-state index is 6.35. The number of hydrogen-bond donors (Lipinski definition) is 1. The second-order valence-corrected chi connectivity index (χ2v) is 6.88. The first-order chi connectivity index (χ1) is 10.0. The van der Waals surface area contributed by atoms with E-state index in [4.69, 9.17) is 4.74 Å². The molecule has 1 aromatic rings. The summed E-state index contributed by atoms with van der Waals surface area (Å²) in [5, 5.41) is 3.51. The third-order valence-electron chi connectivity index (χ3n) is 4.79. The van der Waals surface area contributed by atoms with Gasteiger partial charge in [-0.25, -0.2) is 0 Å². The van der Waals surface area contributed by atoms with Crippen LogP contribution in [0.4, 0.5) is 0 Å². The molecule has 0 spiro atoms. The summed E-state index contributed by atoms with van der Waals surface area (Å²) in [6.45, 7) is 9.95. The van der Waals surface area contributed by atoms with Crippen LogP contribution in [0.2, 0.25) is 0 Å². The maximum atomic E-state index is 6.35. The van der Waals surface area contributed by atoms with E-state index < -0.39 is 0 Å². The van der Waals surface area contributed by atoms with E-state index in [0.29, 0.717) is 12.0 Å². The molecule has 2 nitrogen and oxygen atoms in total. The Bertz CT molecular complexity index is 420. The van der Waals surface area contributed by atoms with E-state index in [1.165, 1.54) is 31.2 Å². The van der Waals surface area contributed by atoms with Gasteiger partial charge in [-0.2, -0.15) is 0 Å². The molecule has 21 heavy (non-hydrogen) atoms. The minimum absolute atomic E-state index is 0.0831. The Morgan fingerprint density at radius 3 is 2.29 bits per heavy atom. The smallest absolute Gasteiger partial charge is 0.120 e. The zero-order chi connectivity index (χ0) is 15.3. The summed E-state index contributed by atoms with van der Waals surface area (Å²) in [7, 11) is 0. The number of hydrogen-bond acceptors (Lipinski definition) is 2. The molecule has 0 radical (unpaired) electrons. The van der Waals surface area contributed by atoms with Gasteiger partial charge in [-0.05, 0) is 62.3 Å². The van der Waals surface area contributed by atoms with Gasteiger partial charge in [0.2, 0.25) is 0 Å². The van der Waals surface area contributed by atoms with Crippen molar-refractivity contribution in [3.63, 3.8) is 0 Å². The Kier molecular flexibility index (Phi) is 5.69. The van der Waals surface area contributed by atoms with Crippen molar-refractivity contribution in [3.8, 4) is 5.75 Å². The summed E-state index contributed by atoms with van der Waals surface area (Å²) in [5.41, 5.74) is 1.49. The number of rotatable bonds is 8. The van der Waals surface area contributed by atoms with Gasteiger partial charge in [0.15, 0.2) is 0 Å². The molecule has 1 N–H and O–H groups in total. The molecule has 0 saturated heterocycles. The Morgan fingerprint density at radius 1 is 1.14 bits per heavy atom.